The minimum atomic E-state index is 0.158. The van der Waals surface area contributed by atoms with Gasteiger partial charge >= 0.3 is 0 Å². The number of hydrogen-bond acceptors (Lipinski definition) is 1. The van der Waals surface area contributed by atoms with Crippen molar-refractivity contribution >= 4 is 6.29 Å². The molecule has 0 saturated heterocycles. The maximum Gasteiger partial charge on any atom is 0.123 e. The van der Waals surface area contributed by atoms with Crippen LogP contribution in [0, 0.1) is 5.92 Å². The van der Waals surface area contributed by atoms with Crippen LogP contribution in [0.25, 0.3) is 0 Å². The van der Waals surface area contributed by atoms with E-state index in [0.717, 1.165) is 25.5 Å². The summed E-state index contributed by atoms with van der Waals surface area (Å²) in [5, 5.41) is 0. The summed E-state index contributed by atoms with van der Waals surface area (Å²) in [4.78, 5) is 10.4. The predicted molar refractivity (Wildman–Crippen MR) is 62.3 cm³/mol. The molecule has 0 radical (unpaired) electrons. The van der Waals surface area contributed by atoms with Gasteiger partial charge < -0.3 is 4.79 Å². The van der Waals surface area contributed by atoms with Crippen molar-refractivity contribution in [3.63, 3.8) is 0 Å². The zero-order chi connectivity index (χ0) is 11.0. The van der Waals surface area contributed by atoms with Crippen LogP contribution in [0.15, 0.2) is 23.8 Å². The van der Waals surface area contributed by atoms with Crippen molar-refractivity contribution in [3.8, 4) is 0 Å². The first kappa shape index (κ1) is 13.2. The molecule has 0 amide bonds. The molecule has 0 saturated carbocycles. The Balaban J connectivity index is 3.66. The van der Waals surface area contributed by atoms with Gasteiger partial charge in [0.2, 0.25) is 0 Å². The molecule has 0 aromatic rings. The van der Waals surface area contributed by atoms with Crippen LogP contribution in [0.3, 0.4) is 0 Å². The number of rotatable bonds is 7. The average Bonchev–Trinajstić information content (AvgIpc) is 2.13. The molecule has 0 rings (SSSR count). The molecule has 0 bridgehead atoms. The lowest BCUT2D eigenvalue weighted by Gasteiger charge is -2.03. The van der Waals surface area contributed by atoms with Crippen molar-refractivity contribution in [3.05, 3.63) is 23.8 Å². The van der Waals surface area contributed by atoms with Gasteiger partial charge in [0.05, 0.1) is 0 Å². The minimum Gasteiger partial charge on any atom is -0.303 e. The molecule has 0 heterocycles. The first-order valence-electron chi connectivity index (χ1n) is 5.31. The Morgan fingerprint density at radius 2 is 2.00 bits per heavy atom. The van der Waals surface area contributed by atoms with Gasteiger partial charge in [-0.1, -0.05) is 24.1 Å². The minimum absolute atomic E-state index is 0.158. The summed E-state index contributed by atoms with van der Waals surface area (Å²) >= 11 is 0. The Kier molecular flexibility index (Phi) is 7.09. The highest BCUT2D eigenvalue weighted by atomic mass is 16.1. The van der Waals surface area contributed by atoms with Crippen LogP contribution < -0.4 is 0 Å². The molecule has 1 nitrogen and oxygen atoms in total. The molecule has 80 valence electrons. The largest absolute Gasteiger partial charge is 0.303 e. The molecule has 0 aliphatic heterocycles. The van der Waals surface area contributed by atoms with Crippen molar-refractivity contribution in [2.45, 2.75) is 46.5 Å². The van der Waals surface area contributed by atoms with Gasteiger partial charge in [-0.15, -0.1) is 6.58 Å². The molecular weight excluding hydrogens is 172 g/mol. The second-order valence-corrected chi connectivity index (χ2v) is 4.21. The van der Waals surface area contributed by atoms with E-state index in [0.29, 0.717) is 0 Å². The van der Waals surface area contributed by atoms with E-state index < -0.39 is 0 Å². The van der Waals surface area contributed by atoms with Crippen molar-refractivity contribution in [1.29, 1.82) is 0 Å². The van der Waals surface area contributed by atoms with Gasteiger partial charge in [0.25, 0.3) is 0 Å². The fraction of sp³-hybridized carbons (Fsp3) is 0.615. The lowest BCUT2D eigenvalue weighted by Crippen LogP contribution is -1.93. The molecule has 1 heteroatoms. The monoisotopic (exact) mass is 194 g/mol. The standard InChI is InChI=1S/C13H22O/c1-11(2)6-5-7-12(3)8-9-13(4)10-14/h8,10,13H,1,5-7,9H2,2-4H3/b12-8+. The molecule has 0 aromatic heterocycles. The highest BCUT2D eigenvalue weighted by Gasteiger charge is 1.97. The summed E-state index contributed by atoms with van der Waals surface area (Å²) in [5.41, 5.74) is 2.64. The number of allylic oxidation sites excluding steroid dienone is 3. The van der Waals surface area contributed by atoms with E-state index in [9.17, 15) is 4.79 Å². The lowest BCUT2D eigenvalue weighted by atomic mass is 10.0. The van der Waals surface area contributed by atoms with E-state index in [2.05, 4.69) is 26.5 Å². The third kappa shape index (κ3) is 7.78. The van der Waals surface area contributed by atoms with Crippen LogP contribution >= 0.6 is 0 Å². The van der Waals surface area contributed by atoms with Crippen LogP contribution in [-0.4, -0.2) is 6.29 Å². The van der Waals surface area contributed by atoms with E-state index in [1.807, 2.05) is 6.92 Å². The van der Waals surface area contributed by atoms with Gasteiger partial charge in [-0.25, -0.2) is 0 Å². The summed E-state index contributed by atoms with van der Waals surface area (Å²) < 4.78 is 0. The summed E-state index contributed by atoms with van der Waals surface area (Å²) in [6.07, 6.45) is 7.47. The van der Waals surface area contributed by atoms with Crippen molar-refractivity contribution < 1.29 is 4.79 Å². The summed E-state index contributed by atoms with van der Waals surface area (Å²) in [6.45, 7) is 10.0. The van der Waals surface area contributed by atoms with Gasteiger partial charge in [-0.05, 0) is 39.5 Å². The van der Waals surface area contributed by atoms with E-state index >= 15 is 0 Å². The first-order valence-corrected chi connectivity index (χ1v) is 5.31. The highest BCUT2D eigenvalue weighted by molar-refractivity contribution is 5.53. The van der Waals surface area contributed by atoms with Crippen molar-refractivity contribution in [2.24, 2.45) is 5.92 Å². The molecule has 0 N–H and O–H groups in total. The predicted octanol–water partition coefficient (Wildman–Crippen LogP) is 3.90. The molecule has 1 unspecified atom stereocenters. The summed E-state index contributed by atoms with van der Waals surface area (Å²) in [5.74, 6) is 0.158. The molecule has 0 aliphatic rings. The van der Waals surface area contributed by atoms with E-state index in [4.69, 9.17) is 0 Å². The van der Waals surface area contributed by atoms with Crippen molar-refractivity contribution in [1.82, 2.24) is 0 Å². The van der Waals surface area contributed by atoms with Gasteiger partial charge in [0, 0.05) is 5.92 Å². The quantitative estimate of drug-likeness (QED) is 0.443. The third-order valence-electron chi connectivity index (χ3n) is 2.25. The van der Waals surface area contributed by atoms with Gasteiger partial charge in [0.15, 0.2) is 0 Å². The second kappa shape index (κ2) is 7.54. The van der Waals surface area contributed by atoms with E-state index in [-0.39, 0.29) is 5.92 Å². The Morgan fingerprint density at radius 3 is 2.50 bits per heavy atom. The zero-order valence-electron chi connectivity index (χ0n) is 9.68. The van der Waals surface area contributed by atoms with Crippen LogP contribution in [0.1, 0.15) is 46.5 Å². The summed E-state index contributed by atoms with van der Waals surface area (Å²) in [6, 6.07) is 0. The average molecular weight is 194 g/mol. The second-order valence-electron chi connectivity index (χ2n) is 4.21. The molecular formula is C13H22O. The Bertz CT molecular complexity index is 213. The smallest absolute Gasteiger partial charge is 0.123 e. The molecule has 0 spiro atoms. The van der Waals surface area contributed by atoms with E-state index in [1.165, 1.54) is 17.6 Å². The molecule has 0 fully saturated rings. The summed E-state index contributed by atoms with van der Waals surface area (Å²) in [7, 11) is 0. The van der Waals surface area contributed by atoms with Crippen LogP contribution in [-0.2, 0) is 4.79 Å². The number of aldehydes is 1. The number of hydrogen-bond donors (Lipinski definition) is 0. The van der Waals surface area contributed by atoms with Crippen LogP contribution in [0.2, 0.25) is 0 Å². The maximum absolute atomic E-state index is 10.4. The third-order valence-corrected chi connectivity index (χ3v) is 2.25. The molecule has 0 aliphatic carbocycles. The van der Waals surface area contributed by atoms with Crippen molar-refractivity contribution in [2.75, 3.05) is 0 Å². The normalized spacial score (nSPS) is 13.8. The van der Waals surface area contributed by atoms with Crippen LogP contribution in [0.5, 0.6) is 0 Å². The first-order chi connectivity index (χ1) is 6.56. The van der Waals surface area contributed by atoms with Gasteiger partial charge in [-0.3, -0.25) is 0 Å². The fourth-order valence-electron chi connectivity index (χ4n) is 1.21. The lowest BCUT2D eigenvalue weighted by molar-refractivity contribution is -0.110. The number of carbonyl (C=O) groups is 1. The van der Waals surface area contributed by atoms with Crippen LogP contribution in [0.4, 0.5) is 0 Å². The Hall–Kier alpha value is -0.850. The number of carbonyl (C=O) groups excluding carboxylic acids is 1. The molecule has 1 atom stereocenters. The molecule has 14 heavy (non-hydrogen) atoms. The van der Waals surface area contributed by atoms with Gasteiger partial charge in [0.1, 0.15) is 6.29 Å². The van der Waals surface area contributed by atoms with E-state index in [1.54, 1.807) is 0 Å². The van der Waals surface area contributed by atoms with Gasteiger partial charge in [-0.2, -0.15) is 0 Å². The highest BCUT2D eigenvalue weighted by Crippen LogP contribution is 2.12. The fourth-order valence-corrected chi connectivity index (χ4v) is 1.21. The SMILES string of the molecule is C=C(C)CCC/C(C)=C/CC(C)C=O. The topological polar surface area (TPSA) is 17.1 Å². The maximum atomic E-state index is 10.4. The Morgan fingerprint density at radius 1 is 1.36 bits per heavy atom. The molecule has 0 aromatic carbocycles. The zero-order valence-corrected chi connectivity index (χ0v) is 9.68. The Labute approximate surface area is 87.9 Å².